The molecule has 2 fully saturated rings. The van der Waals surface area contributed by atoms with Crippen LogP contribution >= 0.6 is 0 Å². The Morgan fingerprint density at radius 3 is 2.33 bits per heavy atom. The second-order valence-electron chi connectivity index (χ2n) is 7.80. The fraction of sp³-hybridized carbons (Fsp3) is 0.524. The normalized spacial score (nSPS) is 17.6. The molecule has 1 N–H and O–H groups in total. The highest BCUT2D eigenvalue weighted by Crippen LogP contribution is 2.34. The van der Waals surface area contributed by atoms with Crippen LogP contribution < -0.4 is 19.9 Å². The molecule has 0 spiro atoms. The van der Waals surface area contributed by atoms with Crippen LogP contribution in [-0.4, -0.2) is 54.2 Å². The first-order valence-corrected chi connectivity index (χ1v) is 10.6. The summed E-state index contributed by atoms with van der Waals surface area (Å²) in [6, 6.07) is 8.20. The number of ether oxygens (including phenoxy) is 1. The lowest BCUT2D eigenvalue weighted by Crippen LogP contribution is -2.47. The minimum atomic E-state index is -0.351. The lowest BCUT2D eigenvalue weighted by Gasteiger charge is -2.36. The predicted molar refractivity (Wildman–Crippen MR) is 117 cm³/mol. The molecule has 0 bridgehead atoms. The number of aromatic nitrogens is 2. The molecule has 1 aromatic carbocycles. The van der Waals surface area contributed by atoms with E-state index in [9.17, 15) is 10.1 Å². The number of hydrogen-bond acceptors (Lipinski definition) is 8. The zero-order chi connectivity index (χ0) is 20.9. The van der Waals surface area contributed by atoms with Gasteiger partial charge in [-0.15, -0.1) is 0 Å². The molecule has 160 valence electrons. The van der Waals surface area contributed by atoms with Gasteiger partial charge < -0.3 is 19.9 Å². The van der Waals surface area contributed by atoms with E-state index in [-0.39, 0.29) is 16.7 Å². The zero-order valence-corrected chi connectivity index (χ0v) is 17.3. The summed E-state index contributed by atoms with van der Waals surface area (Å²) in [7, 11) is 1.65. The summed E-state index contributed by atoms with van der Waals surface area (Å²) < 4.78 is 5.22. The van der Waals surface area contributed by atoms with Crippen molar-refractivity contribution in [2.24, 2.45) is 0 Å². The van der Waals surface area contributed by atoms with Gasteiger partial charge in [-0.25, -0.2) is 9.97 Å². The van der Waals surface area contributed by atoms with E-state index in [0.717, 1.165) is 50.2 Å². The molecule has 9 heteroatoms. The Bertz CT molecular complexity index is 862. The van der Waals surface area contributed by atoms with Crippen molar-refractivity contribution < 1.29 is 9.66 Å². The van der Waals surface area contributed by atoms with Crippen LogP contribution in [0.2, 0.25) is 0 Å². The Hall–Kier alpha value is -3.10. The molecular weight excluding hydrogens is 384 g/mol. The first kappa shape index (κ1) is 20.2. The van der Waals surface area contributed by atoms with Crippen molar-refractivity contribution in [1.29, 1.82) is 0 Å². The van der Waals surface area contributed by atoms with E-state index in [1.165, 1.54) is 12.7 Å². The van der Waals surface area contributed by atoms with Gasteiger partial charge in [0.2, 0.25) is 11.6 Å². The van der Waals surface area contributed by atoms with Crippen molar-refractivity contribution in [3.05, 3.63) is 40.7 Å². The summed E-state index contributed by atoms with van der Waals surface area (Å²) in [5, 5.41) is 15.2. The van der Waals surface area contributed by atoms with Crippen molar-refractivity contribution in [3.8, 4) is 5.75 Å². The minimum absolute atomic E-state index is 0.0130. The molecule has 0 amide bonds. The van der Waals surface area contributed by atoms with Gasteiger partial charge in [-0.3, -0.25) is 10.1 Å². The Morgan fingerprint density at radius 2 is 1.70 bits per heavy atom. The maximum Gasteiger partial charge on any atom is 0.353 e. The smallest absolute Gasteiger partial charge is 0.353 e. The second-order valence-corrected chi connectivity index (χ2v) is 7.80. The molecule has 0 atom stereocenters. The lowest BCUT2D eigenvalue weighted by atomic mass is 9.95. The van der Waals surface area contributed by atoms with Crippen LogP contribution in [0.3, 0.4) is 0 Å². The number of methoxy groups -OCH3 is 1. The second kappa shape index (κ2) is 9.15. The first-order valence-electron chi connectivity index (χ1n) is 10.6. The van der Waals surface area contributed by atoms with Crippen LogP contribution in [0.15, 0.2) is 30.6 Å². The topological polar surface area (TPSA) is 96.7 Å². The molecule has 1 saturated heterocycles. The minimum Gasteiger partial charge on any atom is -0.497 e. The molecule has 0 unspecified atom stereocenters. The quantitative estimate of drug-likeness (QED) is 0.569. The van der Waals surface area contributed by atoms with Crippen molar-refractivity contribution in [1.82, 2.24) is 9.97 Å². The third-order valence-corrected chi connectivity index (χ3v) is 5.95. The molecule has 4 rings (SSSR count). The van der Waals surface area contributed by atoms with E-state index in [1.54, 1.807) is 7.11 Å². The van der Waals surface area contributed by atoms with Gasteiger partial charge in [0.25, 0.3) is 0 Å². The highest BCUT2D eigenvalue weighted by Gasteiger charge is 2.30. The molecule has 9 nitrogen and oxygen atoms in total. The fourth-order valence-electron chi connectivity index (χ4n) is 4.28. The number of nitrogens with one attached hydrogen (secondary N) is 1. The number of nitrogens with zero attached hydrogens (tertiary/aromatic N) is 5. The molecule has 2 aromatic rings. The number of benzene rings is 1. The maximum atomic E-state index is 11.9. The van der Waals surface area contributed by atoms with Crippen LogP contribution in [0.1, 0.15) is 32.1 Å². The Kier molecular flexibility index (Phi) is 6.15. The first-order chi connectivity index (χ1) is 14.7. The number of anilines is 3. The van der Waals surface area contributed by atoms with Crippen LogP contribution in [-0.2, 0) is 0 Å². The molecule has 2 heterocycles. The van der Waals surface area contributed by atoms with E-state index >= 15 is 0 Å². The van der Waals surface area contributed by atoms with E-state index < -0.39 is 0 Å². The maximum absolute atomic E-state index is 11.9. The summed E-state index contributed by atoms with van der Waals surface area (Å²) in [5.41, 5.74) is 1.10. The molecule has 30 heavy (non-hydrogen) atoms. The summed E-state index contributed by atoms with van der Waals surface area (Å²) in [6.07, 6.45) is 7.01. The van der Waals surface area contributed by atoms with Gasteiger partial charge >= 0.3 is 5.69 Å². The van der Waals surface area contributed by atoms with Crippen LogP contribution in [0.5, 0.6) is 5.75 Å². The lowest BCUT2D eigenvalue weighted by molar-refractivity contribution is -0.383. The monoisotopic (exact) mass is 412 g/mol. The van der Waals surface area contributed by atoms with Gasteiger partial charge in [-0.05, 0) is 37.1 Å². The number of hydrogen-bond donors (Lipinski definition) is 1. The zero-order valence-electron chi connectivity index (χ0n) is 17.3. The van der Waals surface area contributed by atoms with Gasteiger partial charge in [0.15, 0.2) is 0 Å². The third-order valence-electron chi connectivity index (χ3n) is 5.95. The number of rotatable bonds is 6. The summed E-state index contributed by atoms with van der Waals surface area (Å²) in [5.74, 6) is 1.57. The van der Waals surface area contributed by atoms with Crippen LogP contribution in [0.4, 0.5) is 23.0 Å². The van der Waals surface area contributed by atoms with Crippen LogP contribution in [0.25, 0.3) is 0 Å². The molecule has 0 radical (unpaired) electrons. The van der Waals surface area contributed by atoms with E-state index in [1.807, 2.05) is 29.2 Å². The number of piperazine rings is 1. The average Bonchev–Trinajstić information content (AvgIpc) is 2.79. The van der Waals surface area contributed by atoms with Crippen molar-refractivity contribution in [2.45, 2.75) is 38.1 Å². The van der Waals surface area contributed by atoms with Gasteiger partial charge in [0, 0.05) is 37.9 Å². The Morgan fingerprint density at radius 1 is 1.03 bits per heavy atom. The van der Waals surface area contributed by atoms with E-state index in [4.69, 9.17) is 4.74 Å². The van der Waals surface area contributed by atoms with Crippen molar-refractivity contribution in [2.75, 3.05) is 48.4 Å². The Balaban J connectivity index is 1.48. The Labute approximate surface area is 176 Å². The fourth-order valence-corrected chi connectivity index (χ4v) is 4.28. The molecule has 1 aromatic heterocycles. The molecule has 2 aliphatic rings. The standard InChI is InChI=1S/C21H28N6O3/c1-30-18-9-7-17(8-10-18)25-11-13-26(14-12-25)21-19(27(28)29)20(22-15-23-21)24-16-5-3-2-4-6-16/h7-10,15-16H,2-6,11-14H2,1H3,(H,22,23,24). The SMILES string of the molecule is COc1ccc(N2CCN(c3ncnc(NC4CCCCC4)c3[N+](=O)[O-])CC2)cc1. The largest absolute Gasteiger partial charge is 0.497 e. The molecule has 1 saturated carbocycles. The van der Waals surface area contributed by atoms with Crippen LogP contribution in [0, 0.1) is 10.1 Å². The van der Waals surface area contributed by atoms with Gasteiger partial charge in [-0.2, -0.15) is 0 Å². The summed E-state index contributed by atoms with van der Waals surface area (Å²) in [4.78, 5) is 24.3. The molecule has 1 aliphatic heterocycles. The molecule has 1 aliphatic carbocycles. The predicted octanol–water partition coefficient (Wildman–Crippen LogP) is 3.46. The van der Waals surface area contributed by atoms with Gasteiger partial charge in [-0.1, -0.05) is 19.3 Å². The highest BCUT2D eigenvalue weighted by molar-refractivity contribution is 5.71. The van der Waals surface area contributed by atoms with Crippen molar-refractivity contribution >= 4 is 23.0 Å². The van der Waals surface area contributed by atoms with Gasteiger partial charge in [0.05, 0.1) is 12.0 Å². The van der Waals surface area contributed by atoms with E-state index in [2.05, 4.69) is 20.2 Å². The van der Waals surface area contributed by atoms with E-state index in [0.29, 0.717) is 24.7 Å². The average molecular weight is 412 g/mol. The number of nitro groups is 1. The summed E-state index contributed by atoms with van der Waals surface area (Å²) >= 11 is 0. The van der Waals surface area contributed by atoms with Crippen molar-refractivity contribution in [3.63, 3.8) is 0 Å². The molecular formula is C21H28N6O3. The van der Waals surface area contributed by atoms with Gasteiger partial charge in [0.1, 0.15) is 12.1 Å². The highest BCUT2D eigenvalue weighted by atomic mass is 16.6. The summed E-state index contributed by atoms with van der Waals surface area (Å²) in [6.45, 7) is 2.84. The third kappa shape index (κ3) is 4.39.